The zero-order valence-corrected chi connectivity index (χ0v) is 22.6. The van der Waals surface area contributed by atoms with Gasteiger partial charge in [0.15, 0.2) is 0 Å². The van der Waals surface area contributed by atoms with Crippen molar-refractivity contribution in [3.8, 4) is 17.0 Å². The molecule has 2 heterocycles. The van der Waals surface area contributed by atoms with Crippen LogP contribution in [0.25, 0.3) is 16.9 Å². The van der Waals surface area contributed by atoms with Crippen molar-refractivity contribution in [3.63, 3.8) is 0 Å². The number of benzene rings is 2. The van der Waals surface area contributed by atoms with Crippen LogP contribution in [0.15, 0.2) is 71.8 Å². The van der Waals surface area contributed by atoms with Crippen LogP contribution in [0, 0.1) is 0 Å². The molecule has 4 aromatic rings. The number of nitrogens with one attached hydrogen (secondary N) is 1. The lowest BCUT2D eigenvalue weighted by molar-refractivity contribution is -0.140. The molecule has 0 atom stereocenters. The molecule has 0 fully saturated rings. The standard InChI is InChI=1S/C27H28ClN3O5S/c1-5-35-24(32)16-29-26-25(30-23-14-11-20(28)17-31(23)26)18-7-6-8-21(15-18)36-37(33,34)22-12-9-19(10-13-22)27(2,3)4/h6-15,17,29H,5,16H2,1-4H3. The van der Waals surface area contributed by atoms with Crippen molar-refractivity contribution in [1.82, 2.24) is 9.38 Å². The smallest absolute Gasteiger partial charge is 0.339 e. The predicted molar refractivity (Wildman–Crippen MR) is 144 cm³/mol. The number of fused-ring (bicyclic) bond motifs is 1. The Bertz CT molecular complexity index is 1540. The monoisotopic (exact) mass is 541 g/mol. The second kappa shape index (κ2) is 10.4. The van der Waals surface area contributed by atoms with Crippen molar-refractivity contribution in [2.24, 2.45) is 0 Å². The molecule has 0 bridgehead atoms. The van der Waals surface area contributed by atoms with Crippen LogP contribution < -0.4 is 9.50 Å². The molecular formula is C27H28ClN3O5S. The van der Waals surface area contributed by atoms with Gasteiger partial charge >= 0.3 is 16.1 Å². The summed E-state index contributed by atoms with van der Waals surface area (Å²) in [7, 11) is -4.06. The van der Waals surface area contributed by atoms with Gasteiger partial charge in [-0.25, -0.2) is 4.98 Å². The largest absolute Gasteiger partial charge is 0.465 e. The van der Waals surface area contributed by atoms with E-state index in [0.717, 1.165) is 5.56 Å². The molecule has 194 valence electrons. The summed E-state index contributed by atoms with van der Waals surface area (Å²) in [6.45, 7) is 8.08. The Balaban J connectivity index is 1.67. The first-order chi connectivity index (χ1) is 17.5. The molecule has 0 unspecified atom stereocenters. The van der Waals surface area contributed by atoms with Crippen LogP contribution in [0.2, 0.25) is 5.02 Å². The Morgan fingerprint density at radius 2 is 1.81 bits per heavy atom. The topological polar surface area (TPSA) is 99.0 Å². The summed E-state index contributed by atoms with van der Waals surface area (Å²) in [6.07, 6.45) is 1.67. The van der Waals surface area contributed by atoms with E-state index in [1.807, 2.05) is 0 Å². The fourth-order valence-electron chi connectivity index (χ4n) is 3.75. The first-order valence-corrected chi connectivity index (χ1v) is 13.5. The third-order valence-corrected chi connectivity index (χ3v) is 7.10. The number of ether oxygens (including phenoxy) is 1. The molecule has 0 aliphatic heterocycles. The molecule has 0 aliphatic rings. The lowest BCUT2D eigenvalue weighted by Gasteiger charge is -2.19. The molecule has 37 heavy (non-hydrogen) atoms. The maximum Gasteiger partial charge on any atom is 0.339 e. The van der Waals surface area contributed by atoms with E-state index in [2.05, 4.69) is 31.1 Å². The summed E-state index contributed by atoms with van der Waals surface area (Å²) in [5.41, 5.74) is 2.58. The van der Waals surface area contributed by atoms with Crippen LogP contribution in [0.3, 0.4) is 0 Å². The number of halogens is 1. The van der Waals surface area contributed by atoms with Crippen LogP contribution in [0.5, 0.6) is 5.75 Å². The van der Waals surface area contributed by atoms with Gasteiger partial charge in [0.1, 0.15) is 34.3 Å². The number of rotatable bonds is 8. The van der Waals surface area contributed by atoms with E-state index in [4.69, 9.17) is 20.5 Å². The van der Waals surface area contributed by atoms with Crippen LogP contribution in [0.1, 0.15) is 33.3 Å². The molecule has 2 aromatic carbocycles. The number of nitrogens with zero attached hydrogens (tertiary/aromatic N) is 2. The van der Waals surface area contributed by atoms with Crippen molar-refractivity contribution >= 4 is 39.2 Å². The van der Waals surface area contributed by atoms with Crippen LogP contribution in [-0.4, -0.2) is 36.9 Å². The molecule has 0 amide bonds. The maximum absolute atomic E-state index is 13.0. The Hall–Kier alpha value is -3.56. The van der Waals surface area contributed by atoms with Crippen LogP contribution in [0.4, 0.5) is 5.82 Å². The molecule has 4 rings (SSSR count). The van der Waals surface area contributed by atoms with Crippen molar-refractivity contribution in [1.29, 1.82) is 0 Å². The van der Waals surface area contributed by atoms with E-state index in [9.17, 15) is 13.2 Å². The number of esters is 1. The summed E-state index contributed by atoms with van der Waals surface area (Å²) in [5.74, 6) is 0.207. The minimum Gasteiger partial charge on any atom is -0.465 e. The molecular weight excluding hydrogens is 514 g/mol. The molecule has 10 heteroatoms. The predicted octanol–water partition coefficient (Wildman–Crippen LogP) is 5.69. The molecule has 8 nitrogen and oxygen atoms in total. The van der Waals surface area contributed by atoms with E-state index in [1.165, 1.54) is 0 Å². The lowest BCUT2D eigenvalue weighted by Crippen LogP contribution is -2.17. The summed E-state index contributed by atoms with van der Waals surface area (Å²) < 4.78 is 38.1. The van der Waals surface area contributed by atoms with E-state index < -0.39 is 16.1 Å². The Labute approximate surface area is 221 Å². The van der Waals surface area contributed by atoms with Crippen molar-refractivity contribution in [2.45, 2.75) is 38.0 Å². The number of pyridine rings is 1. The van der Waals surface area contributed by atoms with Gasteiger partial charge in [-0.1, -0.05) is 56.6 Å². The molecule has 0 saturated carbocycles. The first-order valence-electron chi connectivity index (χ1n) is 11.7. The van der Waals surface area contributed by atoms with Crippen molar-refractivity contribution in [2.75, 3.05) is 18.5 Å². The average Bonchev–Trinajstić information content (AvgIpc) is 3.20. The minimum absolute atomic E-state index is 0.0602. The van der Waals surface area contributed by atoms with Crippen LogP contribution >= 0.6 is 11.6 Å². The van der Waals surface area contributed by atoms with Crippen molar-refractivity contribution < 1.29 is 22.1 Å². The number of anilines is 1. The number of imidazole rings is 1. The molecule has 0 radical (unpaired) electrons. The molecule has 2 aromatic heterocycles. The van der Waals surface area contributed by atoms with E-state index in [-0.39, 0.29) is 29.2 Å². The molecule has 0 aliphatic carbocycles. The van der Waals surface area contributed by atoms with Crippen molar-refractivity contribution in [3.05, 3.63) is 77.4 Å². The first kappa shape index (κ1) is 26.5. The number of carbonyl (C=O) groups excluding carboxylic acids is 1. The fourth-order valence-corrected chi connectivity index (χ4v) is 4.83. The van der Waals surface area contributed by atoms with Gasteiger partial charge in [0.2, 0.25) is 0 Å². The second-order valence-electron chi connectivity index (χ2n) is 9.38. The number of carbonyl (C=O) groups is 1. The Morgan fingerprint density at radius 1 is 1.08 bits per heavy atom. The number of hydrogen-bond donors (Lipinski definition) is 1. The summed E-state index contributed by atoms with van der Waals surface area (Å²) >= 11 is 6.19. The van der Waals surface area contributed by atoms with Gasteiger partial charge in [0.05, 0.1) is 11.6 Å². The molecule has 0 saturated heterocycles. The normalized spacial score (nSPS) is 11.9. The van der Waals surface area contributed by atoms with Gasteiger partial charge in [0, 0.05) is 11.8 Å². The average molecular weight is 542 g/mol. The van der Waals surface area contributed by atoms with Gasteiger partial charge < -0.3 is 14.2 Å². The summed E-state index contributed by atoms with van der Waals surface area (Å²) in [6, 6.07) is 16.7. The van der Waals surface area contributed by atoms with E-state index >= 15 is 0 Å². The number of aromatic nitrogens is 2. The van der Waals surface area contributed by atoms with Gasteiger partial charge in [0.25, 0.3) is 0 Å². The second-order valence-corrected chi connectivity index (χ2v) is 11.4. The van der Waals surface area contributed by atoms with Gasteiger partial charge in [-0.3, -0.25) is 9.20 Å². The highest BCUT2D eigenvalue weighted by molar-refractivity contribution is 7.87. The van der Waals surface area contributed by atoms with Gasteiger partial charge in [-0.15, -0.1) is 0 Å². The maximum atomic E-state index is 13.0. The highest BCUT2D eigenvalue weighted by atomic mass is 35.5. The Kier molecular flexibility index (Phi) is 7.47. The highest BCUT2D eigenvalue weighted by Crippen LogP contribution is 2.33. The lowest BCUT2D eigenvalue weighted by atomic mass is 9.87. The zero-order chi connectivity index (χ0) is 26.8. The summed E-state index contributed by atoms with van der Waals surface area (Å²) in [4.78, 5) is 16.7. The molecule has 0 spiro atoms. The minimum atomic E-state index is -4.06. The quantitative estimate of drug-likeness (QED) is 0.226. The third kappa shape index (κ3) is 6.06. The number of hydrogen-bond acceptors (Lipinski definition) is 7. The fraction of sp³-hybridized carbons (Fsp3) is 0.259. The van der Waals surface area contributed by atoms with Crippen LogP contribution in [-0.2, 0) is 25.1 Å². The van der Waals surface area contributed by atoms with E-state index in [1.54, 1.807) is 78.2 Å². The molecule has 1 N–H and O–H groups in total. The third-order valence-electron chi connectivity index (χ3n) is 5.61. The SMILES string of the molecule is CCOC(=O)CNc1c(-c2cccc(OS(=O)(=O)c3ccc(C(C)(C)C)cc3)c2)nc2ccc(Cl)cn12. The zero-order valence-electron chi connectivity index (χ0n) is 21.0. The van der Waals surface area contributed by atoms with E-state index in [0.29, 0.717) is 27.7 Å². The summed E-state index contributed by atoms with van der Waals surface area (Å²) in [5, 5.41) is 3.55. The Morgan fingerprint density at radius 3 is 2.49 bits per heavy atom. The highest BCUT2D eigenvalue weighted by Gasteiger charge is 2.21. The van der Waals surface area contributed by atoms with Gasteiger partial charge in [-0.05, 0) is 54.3 Å². The van der Waals surface area contributed by atoms with Gasteiger partial charge in [-0.2, -0.15) is 8.42 Å².